The van der Waals surface area contributed by atoms with Crippen LogP contribution in [0.4, 0.5) is 0 Å². The maximum Gasteiger partial charge on any atom is 0.0421 e. The lowest BCUT2D eigenvalue weighted by Gasteiger charge is -2.30. The minimum Gasteiger partial charge on any atom is -0.120 e. The first kappa shape index (κ1) is 7.40. The average molecular weight is 147 g/mol. The van der Waals surface area contributed by atoms with E-state index >= 15 is 0 Å². The summed E-state index contributed by atoms with van der Waals surface area (Å²) in [4.78, 5) is 0.123. The average Bonchev–Trinajstić information content (AvgIpc) is 1.60. The molecule has 1 fully saturated rings. The van der Waals surface area contributed by atoms with Gasteiger partial charge in [-0.1, -0.05) is 19.8 Å². The molecule has 1 saturated carbocycles. The Bertz CT molecular complexity index is 96.7. The van der Waals surface area contributed by atoms with E-state index in [4.69, 9.17) is 11.6 Å². The van der Waals surface area contributed by atoms with Crippen molar-refractivity contribution >= 4 is 11.6 Å². The van der Waals surface area contributed by atoms with Crippen molar-refractivity contribution in [3.63, 3.8) is 0 Å². The summed E-state index contributed by atoms with van der Waals surface area (Å²) < 4.78 is 0. The molecular weight excluding hydrogens is 132 g/mol. The van der Waals surface area contributed by atoms with Gasteiger partial charge in [0.1, 0.15) is 0 Å². The van der Waals surface area contributed by atoms with E-state index < -0.39 is 0 Å². The van der Waals surface area contributed by atoms with Crippen molar-refractivity contribution in [3.05, 3.63) is 0 Å². The lowest BCUT2D eigenvalue weighted by molar-refractivity contribution is 0.323. The Morgan fingerprint density at radius 3 is 2.56 bits per heavy atom. The van der Waals surface area contributed by atoms with E-state index in [1.165, 1.54) is 25.7 Å². The van der Waals surface area contributed by atoms with E-state index in [-0.39, 0.29) is 4.87 Å². The minimum atomic E-state index is 0.123. The van der Waals surface area contributed by atoms with Crippen LogP contribution >= 0.6 is 11.6 Å². The SMILES string of the molecule is C[C@@H]1CCC[C@](C)(Cl)C1. The standard InChI is InChI=1S/C8H15Cl/c1-7-4-3-5-8(2,9)6-7/h7H,3-6H2,1-2H3/t7-,8+/m1/s1. The third-order valence-corrected chi connectivity index (χ3v) is 2.51. The molecule has 0 spiro atoms. The summed E-state index contributed by atoms with van der Waals surface area (Å²) in [5, 5.41) is 0. The molecule has 0 saturated heterocycles. The Labute approximate surface area is 62.6 Å². The third kappa shape index (κ3) is 2.17. The zero-order valence-corrected chi connectivity index (χ0v) is 7.04. The molecule has 54 valence electrons. The highest BCUT2D eigenvalue weighted by atomic mass is 35.5. The van der Waals surface area contributed by atoms with Gasteiger partial charge in [-0.2, -0.15) is 0 Å². The molecule has 0 aliphatic heterocycles. The van der Waals surface area contributed by atoms with Crippen LogP contribution in [0.3, 0.4) is 0 Å². The fraction of sp³-hybridized carbons (Fsp3) is 1.00. The van der Waals surface area contributed by atoms with E-state index in [0.29, 0.717) is 0 Å². The van der Waals surface area contributed by atoms with Gasteiger partial charge < -0.3 is 0 Å². The van der Waals surface area contributed by atoms with Gasteiger partial charge in [-0.15, -0.1) is 11.6 Å². The van der Waals surface area contributed by atoms with Crippen LogP contribution in [0, 0.1) is 5.92 Å². The van der Waals surface area contributed by atoms with Gasteiger partial charge in [0, 0.05) is 4.87 Å². The van der Waals surface area contributed by atoms with Crippen molar-refractivity contribution in [2.45, 2.75) is 44.4 Å². The number of hydrogen-bond acceptors (Lipinski definition) is 0. The Hall–Kier alpha value is 0.290. The smallest absolute Gasteiger partial charge is 0.0421 e. The Kier molecular flexibility index (Phi) is 2.05. The first-order chi connectivity index (χ1) is 4.10. The van der Waals surface area contributed by atoms with Crippen LogP contribution in [0.15, 0.2) is 0 Å². The third-order valence-electron chi connectivity index (χ3n) is 2.17. The zero-order chi connectivity index (χ0) is 6.91. The van der Waals surface area contributed by atoms with Crippen molar-refractivity contribution in [3.8, 4) is 0 Å². The summed E-state index contributed by atoms with van der Waals surface area (Å²) in [6, 6.07) is 0. The van der Waals surface area contributed by atoms with Gasteiger partial charge in [0.05, 0.1) is 0 Å². The van der Waals surface area contributed by atoms with E-state index in [1.807, 2.05) is 0 Å². The summed E-state index contributed by atoms with van der Waals surface area (Å²) in [5.74, 6) is 0.848. The molecule has 0 aromatic carbocycles. The van der Waals surface area contributed by atoms with Gasteiger partial charge in [0.25, 0.3) is 0 Å². The molecular formula is C8H15Cl. The molecule has 0 bridgehead atoms. The first-order valence-corrected chi connectivity index (χ1v) is 4.17. The molecule has 0 unspecified atom stereocenters. The van der Waals surface area contributed by atoms with Crippen LogP contribution in [0.1, 0.15) is 39.5 Å². The molecule has 1 aliphatic carbocycles. The molecule has 0 N–H and O–H groups in total. The fourth-order valence-corrected chi connectivity index (χ4v) is 2.15. The molecule has 1 rings (SSSR count). The van der Waals surface area contributed by atoms with Gasteiger partial charge in [-0.3, -0.25) is 0 Å². The van der Waals surface area contributed by atoms with Crippen LogP contribution < -0.4 is 0 Å². The Morgan fingerprint density at radius 2 is 2.22 bits per heavy atom. The Balaban J connectivity index is 2.41. The van der Waals surface area contributed by atoms with Gasteiger partial charge in [0.15, 0.2) is 0 Å². The van der Waals surface area contributed by atoms with E-state index in [1.54, 1.807) is 0 Å². The van der Waals surface area contributed by atoms with Crippen molar-refractivity contribution in [1.29, 1.82) is 0 Å². The number of rotatable bonds is 0. The summed E-state index contributed by atoms with van der Waals surface area (Å²) in [6.45, 7) is 4.45. The van der Waals surface area contributed by atoms with E-state index in [2.05, 4.69) is 13.8 Å². The molecule has 9 heavy (non-hydrogen) atoms. The predicted octanol–water partition coefficient (Wildman–Crippen LogP) is 3.19. The van der Waals surface area contributed by atoms with Gasteiger partial charge in [-0.05, 0) is 25.7 Å². The van der Waals surface area contributed by atoms with Gasteiger partial charge in [-0.25, -0.2) is 0 Å². The number of halogens is 1. The van der Waals surface area contributed by atoms with Crippen LogP contribution in [0.25, 0.3) is 0 Å². The molecule has 0 aromatic heterocycles. The zero-order valence-electron chi connectivity index (χ0n) is 6.28. The first-order valence-electron chi connectivity index (χ1n) is 3.79. The summed E-state index contributed by atoms with van der Waals surface area (Å²) in [5.41, 5.74) is 0. The molecule has 1 aliphatic rings. The monoisotopic (exact) mass is 146 g/mol. The van der Waals surface area contributed by atoms with Gasteiger partial charge in [0.2, 0.25) is 0 Å². The lowest BCUT2D eigenvalue weighted by Crippen LogP contribution is -2.24. The van der Waals surface area contributed by atoms with Crippen LogP contribution in [0.2, 0.25) is 0 Å². The van der Waals surface area contributed by atoms with E-state index in [9.17, 15) is 0 Å². The maximum atomic E-state index is 6.17. The molecule has 1 heteroatoms. The van der Waals surface area contributed by atoms with Crippen molar-refractivity contribution in [1.82, 2.24) is 0 Å². The summed E-state index contributed by atoms with van der Waals surface area (Å²) >= 11 is 6.17. The van der Waals surface area contributed by atoms with Crippen molar-refractivity contribution in [2.75, 3.05) is 0 Å². The highest BCUT2D eigenvalue weighted by Crippen LogP contribution is 2.36. The summed E-state index contributed by atoms with van der Waals surface area (Å²) in [6.07, 6.45) is 5.11. The van der Waals surface area contributed by atoms with Crippen molar-refractivity contribution in [2.24, 2.45) is 5.92 Å². The summed E-state index contributed by atoms with van der Waals surface area (Å²) in [7, 11) is 0. The quantitative estimate of drug-likeness (QED) is 0.461. The highest BCUT2D eigenvalue weighted by Gasteiger charge is 2.27. The molecule has 0 nitrogen and oxygen atoms in total. The predicted molar refractivity (Wildman–Crippen MR) is 41.9 cm³/mol. The second-order valence-electron chi connectivity index (χ2n) is 3.61. The molecule has 0 radical (unpaired) electrons. The largest absolute Gasteiger partial charge is 0.120 e. The maximum absolute atomic E-state index is 6.17. The lowest BCUT2D eigenvalue weighted by atomic mass is 9.83. The number of alkyl halides is 1. The molecule has 0 heterocycles. The Morgan fingerprint density at radius 1 is 1.56 bits per heavy atom. The molecule has 0 aromatic rings. The number of hydrogen-bond donors (Lipinski definition) is 0. The normalized spacial score (nSPS) is 45.0. The molecule has 0 amide bonds. The van der Waals surface area contributed by atoms with Crippen LogP contribution in [-0.4, -0.2) is 4.87 Å². The second kappa shape index (κ2) is 2.49. The second-order valence-corrected chi connectivity index (χ2v) is 4.53. The highest BCUT2D eigenvalue weighted by molar-refractivity contribution is 6.23. The van der Waals surface area contributed by atoms with Crippen LogP contribution in [0.5, 0.6) is 0 Å². The van der Waals surface area contributed by atoms with E-state index in [0.717, 1.165) is 5.92 Å². The van der Waals surface area contributed by atoms with Crippen molar-refractivity contribution < 1.29 is 0 Å². The minimum absolute atomic E-state index is 0.123. The van der Waals surface area contributed by atoms with Gasteiger partial charge >= 0.3 is 0 Å². The topological polar surface area (TPSA) is 0 Å². The molecule has 2 atom stereocenters. The fourth-order valence-electron chi connectivity index (χ4n) is 1.75. The van der Waals surface area contributed by atoms with Crippen LogP contribution in [-0.2, 0) is 0 Å².